The van der Waals surface area contributed by atoms with Crippen LogP contribution < -0.4 is 10.1 Å². The Hall–Kier alpha value is -1.84. The predicted molar refractivity (Wildman–Crippen MR) is 83.7 cm³/mol. The Balaban J connectivity index is 1.77. The van der Waals surface area contributed by atoms with E-state index in [0.29, 0.717) is 0 Å². The Morgan fingerprint density at radius 1 is 1.05 bits per heavy atom. The standard InChI is InChI=1S/C18H21NO2/c1-18(2)13-19-12-17(21-18)14-7-6-10-16(11-14)20-15-8-4-3-5-9-15/h3-11,17,19H,12-13H2,1-2H3. The van der Waals surface area contributed by atoms with Crippen molar-refractivity contribution in [3.63, 3.8) is 0 Å². The molecule has 0 amide bonds. The van der Waals surface area contributed by atoms with E-state index in [1.54, 1.807) is 0 Å². The lowest BCUT2D eigenvalue weighted by molar-refractivity contribution is -0.0959. The minimum Gasteiger partial charge on any atom is -0.457 e. The molecule has 1 fully saturated rings. The summed E-state index contributed by atoms with van der Waals surface area (Å²) < 4.78 is 12.0. The van der Waals surface area contributed by atoms with Crippen LogP contribution in [0.25, 0.3) is 0 Å². The van der Waals surface area contributed by atoms with Gasteiger partial charge in [0.25, 0.3) is 0 Å². The molecule has 0 bridgehead atoms. The highest BCUT2D eigenvalue weighted by molar-refractivity contribution is 5.35. The third-order valence-corrected chi connectivity index (χ3v) is 3.55. The van der Waals surface area contributed by atoms with Gasteiger partial charge in [0.2, 0.25) is 0 Å². The van der Waals surface area contributed by atoms with Crippen molar-refractivity contribution in [2.24, 2.45) is 0 Å². The van der Waals surface area contributed by atoms with Crippen LogP contribution in [0.3, 0.4) is 0 Å². The van der Waals surface area contributed by atoms with Gasteiger partial charge in [0.1, 0.15) is 11.5 Å². The molecule has 0 aliphatic carbocycles. The molecule has 0 aromatic heterocycles. The van der Waals surface area contributed by atoms with Crippen LogP contribution in [-0.2, 0) is 4.74 Å². The zero-order valence-electron chi connectivity index (χ0n) is 12.5. The second-order valence-electron chi connectivity index (χ2n) is 5.98. The Kier molecular flexibility index (Phi) is 3.95. The summed E-state index contributed by atoms with van der Waals surface area (Å²) in [6.45, 7) is 5.93. The summed E-state index contributed by atoms with van der Waals surface area (Å²) in [5.41, 5.74) is 1.00. The van der Waals surface area contributed by atoms with Gasteiger partial charge in [-0.3, -0.25) is 0 Å². The summed E-state index contributed by atoms with van der Waals surface area (Å²) in [5.74, 6) is 1.68. The zero-order valence-corrected chi connectivity index (χ0v) is 12.5. The molecule has 0 saturated carbocycles. The van der Waals surface area contributed by atoms with Crippen molar-refractivity contribution in [3.8, 4) is 11.5 Å². The lowest BCUT2D eigenvalue weighted by Crippen LogP contribution is -2.46. The van der Waals surface area contributed by atoms with E-state index >= 15 is 0 Å². The molecule has 21 heavy (non-hydrogen) atoms. The summed E-state index contributed by atoms with van der Waals surface area (Å²) in [4.78, 5) is 0. The van der Waals surface area contributed by atoms with Crippen molar-refractivity contribution in [1.29, 1.82) is 0 Å². The van der Waals surface area contributed by atoms with Crippen LogP contribution >= 0.6 is 0 Å². The molecule has 3 nitrogen and oxygen atoms in total. The summed E-state index contributed by atoms with van der Waals surface area (Å²) in [7, 11) is 0. The van der Waals surface area contributed by atoms with E-state index in [2.05, 4.69) is 31.3 Å². The first-order chi connectivity index (χ1) is 10.1. The van der Waals surface area contributed by atoms with E-state index in [4.69, 9.17) is 9.47 Å². The molecule has 2 aromatic rings. The van der Waals surface area contributed by atoms with Crippen molar-refractivity contribution in [3.05, 3.63) is 60.2 Å². The number of ether oxygens (including phenoxy) is 2. The molecule has 0 spiro atoms. The highest BCUT2D eigenvalue weighted by atomic mass is 16.5. The van der Waals surface area contributed by atoms with Crippen molar-refractivity contribution in [2.75, 3.05) is 13.1 Å². The molecule has 1 aliphatic heterocycles. The monoisotopic (exact) mass is 283 g/mol. The molecular formula is C18H21NO2. The number of morpholine rings is 1. The number of hydrogen-bond donors (Lipinski definition) is 1. The van der Waals surface area contributed by atoms with E-state index in [9.17, 15) is 0 Å². The fraction of sp³-hybridized carbons (Fsp3) is 0.333. The second-order valence-corrected chi connectivity index (χ2v) is 5.98. The molecule has 1 saturated heterocycles. The summed E-state index contributed by atoms with van der Waals surface area (Å²) in [6.07, 6.45) is 0.0630. The van der Waals surface area contributed by atoms with Gasteiger partial charge in [-0.1, -0.05) is 30.3 Å². The minimum atomic E-state index is -0.140. The largest absolute Gasteiger partial charge is 0.457 e. The van der Waals surface area contributed by atoms with Crippen molar-refractivity contribution >= 4 is 0 Å². The molecular weight excluding hydrogens is 262 g/mol. The molecule has 1 heterocycles. The van der Waals surface area contributed by atoms with Crippen LogP contribution in [0.5, 0.6) is 11.5 Å². The normalized spacial score (nSPS) is 21.0. The third-order valence-electron chi connectivity index (χ3n) is 3.55. The zero-order chi connectivity index (χ0) is 14.7. The van der Waals surface area contributed by atoms with Crippen LogP contribution in [-0.4, -0.2) is 18.7 Å². The lowest BCUT2D eigenvalue weighted by Gasteiger charge is -2.37. The molecule has 3 heteroatoms. The van der Waals surface area contributed by atoms with Crippen LogP contribution in [0, 0.1) is 0 Å². The maximum absolute atomic E-state index is 6.15. The Bertz CT molecular complexity index is 595. The van der Waals surface area contributed by atoms with Gasteiger partial charge in [-0.25, -0.2) is 0 Å². The predicted octanol–water partition coefficient (Wildman–Crippen LogP) is 3.92. The maximum atomic E-state index is 6.15. The van der Waals surface area contributed by atoms with E-state index in [1.165, 1.54) is 0 Å². The average Bonchev–Trinajstić information content (AvgIpc) is 2.47. The number of hydrogen-bond acceptors (Lipinski definition) is 3. The van der Waals surface area contributed by atoms with Gasteiger partial charge < -0.3 is 14.8 Å². The highest BCUT2D eigenvalue weighted by Crippen LogP contribution is 2.30. The summed E-state index contributed by atoms with van der Waals surface area (Å²) in [5, 5.41) is 3.43. The van der Waals surface area contributed by atoms with Gasteiger partial charge in [0.05, 0.1) is 11.7 Å². The van der Waals surface area contributed by atoms with Gasteiger partial charge in [-0.15, -0.1) is 0 Å². The van der Waals surface area contributed by atoms with Crippen LogP contribution in [0.15, 0.2) is 54.6 Å². The number of para-hydroxylation sites is 1. The first kappa shape index (κ1) is 14.1. The molecule has 1 aliphatic rings. The summed E-state index contributed by atoms with van der Waals surface area (Å²) in [6, 6.07) is 17.9. The molecule has 1 unspecified atom stereocenters. The number of nitrogens with one attached hydrogen (secondary N) is 1. The summed E-state index contributed by atoms with van der Waals surface area (Å²) >= 11 is 0. The molecule has 1 N–H and O–H groups in total. The molecule has 1 atom stereocenters. The van der Waals surface area contributed by atoms with Gasteiger partial charge >= 0.3 is 0 Å². The Morgan fingerprint density at radius 3 is 2.57 bits per heavy atom. The molecule has 0 radical (unpaired) electrons. The quantitative estimate of drug-likeness (QED) is 0.926. The second kappa shape index (κ2) is 5.88. The molecule has 2 aromatic carbocycles. The average molecular weight is 283 g/mol. The van der Waals surface area contributed by atoms with Gasteiger partial charge in [-0.2, -0.15) is 0 Å². The van der Waals surface area contributed by atoms with Gasteiger partial charge in [0.15, 0.2) is 0 Å². The van der Waals surface area contributed by atoms with Crippen molar-refractivity contribution in [2.45, 2.75) is 25.6 Å². The fourth-order valence-electron chi connectivity index (χ4n) is 2.56. The number of benzene rings is 2. The van der Waals surface area contributed by atoms with Crippen LogP contribution in [0.1, 0.15) is 25.5 Å². The van der Waals surface area contributed by atoms with E-state index in [-0.39, 0.29) is 11.7 Å². The minimum absolute atomic E-state index is 0.0630. The number of rotatable bonds is 3. The van der Waals surface area contributed by atoms with E-state index in [0.717, 1.165) is 30.2 Å². The first-order valence-electron chi connectivity index (χ1n) is 7.34. The molecule has 3 rings (SSSR count). The van der Waals surface area contributed by atoms with E-state index in [1.807, 2.05) is 42.5 Å². The van der Waals surface area contributed by atoms with Crippen LogP contribution in [0.2, 0.25) is 0 Å². The van der Waals surface area contributed by atoms with Gasteiger partial charge in [0, 0.05) is 13.1 Å². The van der Waals surface area contributed by atoms with Crippen molar-refractivity contribution < 1.29 is 9.47 Å². The van der Waals surface area contributed by atoms with Crippen LogP contribution in [0.4, 0.5) is 0 Å². The van der Waals surface area contributed by atoms with Gasteiger partial charge in [-0.05, 0) is 43.7 Å². The van der Waals surface area contributed by atoms with Crippen molar-refractivity contribution in [1.82, 2.24) is 5.32 Å². The molecule has 110 valence electrons. The highest BCUT2D eigenvalue weighted by Gasteiger charge is 2.29. The smallest absolute Gasteiger partial charge is 0.127 e. The first-order valence-corrected chi connectivity index (χ1v) is 7.34. The third kappa shape index (κ3) is 3.63. The topological polar surface area (TPSA) is 30.5 Å². The Labute approximate surface area is 125 Å². The maximum Gasteiger partial charge on any atom is 0.127 e. The SMILES string of the molecule is CC1(C)CNCC(c2cccc(Oc3ccccc3)c2)O1. The lowest BCUT2D eigenvalue weighted by atomic mass is 10.0. The Morgan fingerprint density at radius 2 is 1.81 bits per heavy atom. The van der Waals surface area contributed by atoms with E-state index < -0.39 is 0 Å². The fourth-order valence-corrected chi connectivity index (χ4v) is 2.56.